The van der Waals surface area contributed by atoms with Crippen LogP contribution in [0.5, 0.6) is 0 Å². The van der Waals surface area contributed by atoms with Crippen LogP contribution in [-0.2, 0) is 16.6 Å². The van der Waals surface area contributed by atoms with E-state index in [2.05, 4.69) is 9.82 Å². The van der Waals surface area contributed by atoms with E-state index in [4.69, 9.17) is 11.0 Å². The van der Waals surface area contributed by atoms with Crippen molar-refractivity contribution in [3.05, 3.63) is 42.2 Å². The lowest BCUT2D eigenvalue weighted by Crippen LogP contribution is -2.27. The summed E-state index contributed by atoms with van der Waals surface area (Å²) < 4.78 is 28.0. The first kappa shape index (κ1) is 14.0. The van der Waals surface area contributed by atoms with Gasteiger partial charge in [-0.2, -0.15) is 10.4 Å². The SMILES string of the molecule is N#Cc1ccc(S(=O)(=O)NCCn2cc(N)cn2)cc1. The number of hydrogen-bond donors (Lipinski definition) is 2. The molecule has 104 valence electrons. The van der Waals surface area contributed by atoms with Crippen LogP contribution in [-0.4, -0.2) is 24.7 Å². The number of sulfonamides is 1. The third-order valence-electron chi connectivity index (χ3n) is 2.58. The first-order chi connectivity index (χ1) is 9.51. The summed E-state index contributed by atoms with van der Waals surface area (Å²) in [6.45, 7) is 0.580. The second kappa shape index (κ2) is 5.73. The van der Waals surface area contributed by atoms with Gasteiger partial charge in [-0.15, -0.1) is 0 Å². The maximum absolute atomic E-state index is 12.0. The smallest absolute Gasteiger partial charge is 0.240 e. The molecular weight excluding hydrogens is 278 g/mol. The zero-order chi connectivity index (χ0) is 14.6. The molecule has 1 aromatic carbocycles. The number of hydrogen-bond acceptors (Lipinski definition) is 5. The highest BCUT2D eigenvalue weighted by molar-refractivity contribution is 7.89. The Labute approximate surface area is 116 Å². The molecule has 0 atom stereocenters. The molecule has 0 saturated carbocycles. The van der Waals surface area contributed by atoms with Gasteiger partial charge in [-0.1, -0.05) is 0 Å². The topological polar surface area (TPSA) is 114 Å². The van der Waals surface area contributed by atoms with Crippen LogP contribution in [0.2, 0.25) is 0 Å². The molecule has 0 aliphatic heterocycles. The summed E-state index contributed by atoms with van der Waals surface area (Å²) in [5, 5.41) is 12.6. The van der Waals surface area contributed by atoms with Crippen molar-refractivity contribution < 1.29 is 8.42 Å². The van der Waals surface area contributed by atoms with Crippen LogP contribution in [0.15, 0.2) is 41.6 Å². The number of nitrogens with zero attached hydrogens (tertiary/aromatic N) is 3. The Balaban J connectivity index is 1.98. The molecule has 8 heteroatoms. The quantitative estimate of drug-likeness (QED) is 0.823. The van der Waals surface area contributed by atoms with E-state index >= 15 is 0 Å². The molecular formula is C12H13N5O2S. The maximum atomic E-state index is 12.0. The minimum absolute atomic E-state index is 0.122. The van der Waals surface area contributed by atoms with Crippen LogP contribution < -0.4 is 10.5 Å². The second-order valence-electron chi connectivity index (χ2n) is 4.07. The Morgan fingerprint density at radius 1 is 1.35 bits per heavy atom. The van der Waals surface area contributed by atoms with Crippen molar-refractivity contribution in [3.63, 3.8) is 0 Å². The van der Waals surface area contributed by atoms with Gasteiger partial charge in [-0.3, -0.25) is 4.68 Å². The zero-order valence-corrected chi connectivity index (χ0v) is 11.3. The summed E-state index contributed by atoms with van der Waals surface area (Å²) >= 11 is 0. The van der Waals surface area contributed by atoms with Crippen molar-refractivity contribution in [1.82, 2.24) is 14.5 Å². The van der Waals surface area contributed by atoms with Gasteiger partial charge < -0.3 is 5.73 Å². The number of nitrogen functional groups attached to an aromatic ring is 1. The van der Waals surface area contributed by atoms with Crippen LogP contribution in [0, 0.1) is 11.3 Å². The lowest BCUT2D eigenvalue weighted by atomic mass is 10.2. The molecule has 3 N–H and O–H groups in total. The maximum Gasteiger partial charge on any atom is 0.240 e. The Bertz CT molecular complexity index is 728. The van der Waals surface area contributed by atoms with E-state index in [0.717, 1.165) is 0 Å². The van der Waals surface area contributed by atoms with Gasteiger partial charge in [0.05, 0.1) is 35.0 Å². The van der Waals surface area contributed by atoms with Gasteiger partial charge in [-0.25, -0.2) is 13.1 Å². The normalized spacial score (nSPS) is 11.2. The lowest BCUT2D eigenvalue weighted by molar-refractivity contribution is 0.561. The van der Waals surface area contributed by atoms with Gasteiger partial charge in [-0.05, 0) is 24.3 Å². The number of nitriles is 1. The zero-order valence-electron chi connectivity index (χ0n) is 10.5. The van der Waals surface area contributed by atoms with E-state index in [1.165, 1.54) is 30.5 Å². The summed E-state index contributed by atoms with van der Waals surface area (Å²) in [5.74, 6) is 0. The fourth-order valence-electron chi connectivity index (χ4n) is 1.59. The Morgan fingerprint density at radius 2 is 2.05 bits per heavy atom. The summed E-state index contributed by atoms with van der Waals surface area (Å²) in [7, 11) is -3.58. The van der Waals surface area contributed by atoms with Gasteiger partial charge in [0.2, 0.25) is 10.0 Å². The van der Waals surface area contributed by atoms with E-state index in [1.807, 2.05) is 6.07 Å². The fourth-order valence-corrected chi connectivity index (χ4v) is 2.61. The molecule has 0 unspecified atom stereocenters. The lowest BCUT2D eigenvalue weighted by Gasteiger charge is -2.06. The Hall–Kier alpha value is -2.37. The van der Waals surface area contributed by atoms with Crippen molar-refractivity contribution >= 4 is 15.7 Å². The largest absolute Gasteiger partial charge is 0.396 e. The van der Waals surface area contributed by atoms with Gasteiger partial charge in [0, 0.05) is 12.7 Å². The summed E-state index contributed by atoms with van der Waals surface area (Å²) in [4.78, 5) is 0.122. The Morgan fingerprint density at radius 3 is 2.60 bits per heavy atom. The molecule has 2 rings (SSSR count). The molecule has 2 aromatic rings. The third-order valence-corrected chi connectivity index (χ3v) is 4.06. The van der Waals surface area contributed by atoms with Crippen molar-refractivity contribution in [3.8, 4) is 6.07 Å². The van der Waals surface area contributed by atoms with Crippen molar-refractivity contribution in [2.45, 2.75) is 11.4 Å². The van der Waals surface area contributed by atoms with E-state index in [1.54, 1.807) is 10.9 Å². The predicted molar refractivity (Wildman–Crippen MR) is 73.0 cm³/mol. The van der Waals surface area contributed by atoms with E-state index in [-0.39, 0.29) is 11.4 Å². The molecule has 0 aliphatic carbocycles. The molecule has 0 radical (unpaired) electrons. The van der Waals surface area contributed by atoms with Crippen LogP contribution >= 0.6 is 0 Å². The first-order valence-corrected chi connectivity index (χ1v) is 7.27. The van der Waals surface area contributed by atoms with Crippen molar-refractivity contribution in [1.29, 1.82) is 5.26 Å². The second-order valence-corrected chi connectivity index (χ2v) is 5.84. The molecule has 7 nitrogen and oxygen atoms in total. The molecule has 0 fully saturated rings. The van der Waals surface area contributed by atoms with Gasteiger partial charge in [0.15, 0.2) is 0 Å². The van der Waals surface area contributed by atoms with E-state index in [9.17, 15) is 8.42 Å². The average Bonchev–Trinajstić information content (AvgIpc) is 2.84. The van der Waals surface area contributed by atoms with Crippen LogP contribution in [0.3, 0.4) is 0 Å². The third kappa shape index (κ3) is 3.34. The number of benzene rings is 1. The minimum atomic E-state index is -3.58. The Kier molecular flexibility index (Phi) is 4.02. The van der Waals surface area contributed by atoms with Crippen molar-refractivity contribution in [2.75, 3.05) is 12.3 Å². The van der Waals surface area contributed by atoms with Crippen LogP contribution in [0.4, 0.5) is 5.69 Å². The van der Waals surface area contributed by atoms with Gasteiger partial charge in [0.1, 0.15) is 0 Å². The van der Waals surface area contributed by atoms with Gasteiger partial charge in [0.25, 0.3) is 0 Å². The highest BCUT2D eigenvalue weighted by Gasteiger charge is 2.13. The van der Waals surface area contributed by atoms with E-state index < -0.39 is 10.0 Å². The van der Waals surface area contributed by atoms with Gasteiger partial charge >= 0.3 is 0 Å². The number of nitrogens with one attached hydrogen (secondary N) is 1. The molecule has 0 aliphatic rings. The average molecular weight is 291 g/mol. The molecule has 1 aromatic heterocycles. The number of rotatable bonds is 5. The molecule has 0 saturated heterocycles. The highest BCUT2D eigenvalue weighted by atomic mass is 32.2. The van der Waals surface area contributed by atoms with E-state index in [0.29, 0.717) is 17.8 Å². The standard InChI is InChI=1S/C12H13N5O2S/c13-7-10-1-3-12(4-2-10)20(18,19)16-5-6-17-9-11(14)8-15-17/h1-4,8-9,16H,5-6,14H2. The molecule has 20 heavy (non-hydrogen) atoms. The number of anilines is 1. The number of nitrogens with two attached hydrogens (primary N) is 1. The minimum Gasteiger partial charge on any atom is -0.396 e. The molecule has 0 amide bonds. The molecule has 1 heterocycles. The van der Waals surface area contributed by atoms with Crippen LogP contribution in [0.25, 0.3) is 0 Å². The summed E-state index contributed by atoms with van der Waals surface area (Å²) in [6.07, 6.45) is 3.12. The molecule has 0 bridgehead atoms. The number of aromatic nitrogens is 2. The first-order valence-electron chi connectivity index (χ1n) is 5.79. The fraction of sp³-hybridized carbons (Fsp3) is 0.167. The summed E-state index contributed by atoms with van der Waals surface area (Å²) in [5.41, 5.74) is 6.45. The molecule has 0 spiro atoms. The summed E-state index contributed by atoms with van der Waals surface area (Å²) in [6, 6.07) is 7.65. The highest BCUT2D eigenvalue weighted by Crippen LogP contribution is 2.09. The van der Waals surface area contributed by atoms with Crippen LogP contribution in [0.1, 0.15) is 5.56 Å². The van der Waals surface area contributed by atoms with Crippen molar-refractivity contribution in [2.24, 2.45) is 0 Å². The monoisotopic (exact) mass is 291 g/mol. The predicted octanol–water partition coefficient (Wildman–Crippen LogP) is 0.315.